The predicted octanol–water partition coefficient (Wildman–Crippen LogP) is 10.1. The molecule has 0 radical (unpaired) electrons. The average Bonchev–Trinajstić information content (AvgIpc) is 3.34. The number of fused-ring (bicyclic) bond motifs is 11. The molecule has 2 aromatic heterocycles. The number of nitrogens with zero attached hydrogens (tertiary/aromatic N) is 1. The van der Waals surface area contributed by atoms with Gasteiger partial charge in [-0.1, -0.05) is 97.1 Å². The number of aromatic nitrogens is 1. The monoisotopic (exact) mass is 487 g/mol. The molecule has 0 atom stereocenters. The summed E-state index contributed by atoms with van der Waals surface area (Å²) in [7, 11) is 0. The Bertz CT molecular complexity index is 1990. The minimum Gasteiger partial charge on any atom is -0.245 e. The van der Waals surface area contributed by atoms with Crippen LogP contribution in [0.2, 0.25) is 0 Å². The molecule has 172 valence electrons. The summed E-state index contributed by atoms with van der Waals surface area (Å²) in [6.07, 6.45) is 1.88. The topological polar surface area (TPSA) is 12.9 Å². The highest BCUT2D eigenvalue weighted by molar-refractivity contribution is 7.25. The van der Waals surface area contributed by atoms with Gasteiger partial charge in [-0.2, -0.15) is 0 Å². The third kappa shape index (κ3) is 3.06. The second kappa shape index (κ2) is 7.99. The lowest BCUT2D eigenvalue weighted by Gasteiger charge is -2.25. The fourth-order valence-corrected chi connectivity index (χ4v) is 6.95. The molecule has 0 fully saturated rings. The third-order valence-corrected chi connectivity index (χ3v) is 8.64. The minimum absolute atomic E-state index is 1.09. The average molecular weight is 488 g/mol. The molecule has 1 aliphatic rings. The normalized spacial score (nSPS) is 11.8. The van der Waals surface area contributed by atoms with Gasteiger partial charge in [-0.15, -0.1) is 11.3 Å². The van der Waals surface area contributed by atoms with E-state index in [4.69, 9.17) is 0 Å². The zero-order chi connectivity index (χ0) is 24.3. The van der Waals surface area contributed by atoms with E-state index in [-0.39, 0.29) is 0 Å². The zero-order valence-electron chi connectivity index (χ0n) is 20.0. The van der Waals surface area contributed by atoms with Gasteiger partial charge in [0.05, 0.1) is 0 Å². The van der Waals surface area contributed by atoms with Crippen molar-refractivity contribution in [2.24, 2.45) is 0 Å². The van der Waals surface area contributed by atoms with E-state index in [0.29, 0.717) is 0 Å². The lowest BCUT2D eigenvalue weighted by Crippen LogP contribution is -1.98. The van der Waals surface area contributed by atoms with Crippen LogP contribution in [0.5, 0.6) is 0 Å². The smallest absolute Gasteiger partial charge is 0.124 e. The Balaban J connectivity index is 1.49. The van der Waals surface area contributed by atoms with Gasteiger partial charge in [0.2, 0.25) is 0 Å². The highest BCUT2D eigenvalue weighted by Gasteiger charge is 2.23. The molecule has 7 aromatic rings. The van der Waals surface area contributed by atoms with E-state index in [9.17, 15) is 0 Å². The van der Waals surface area contributed by atoms with E-state index >= 15 is 0 Å². The van der Waals surface area contributed by atoms with Crippen molar-refractivity contribution in [3.8, 4) is 55.6 Å². The van der Waals surface area contributed by atoms with Crippen molar-refractivity contribution in [2.45, 2.75) is 0 Å². The summed E-state index contributed by atoms with van der Waals surface area (Å²) in [6, 6.07) is 44.4. The van der Waals surface area contributed by atoms with Crippen LogP contribution in [0, 0.1) is 0 Å². The summed E-state index contributed by atoms with van der Waals surface area (Å²) in [5.74, 6) is 0. The second-order valence-corrected chi connectivity index (χ2v) is 10.6. The summed E-state index contributed by atoms with van der Waals surface area (Å²) in [5, 5.41) is 2.50. The van der Waals surface area contributed by atoms with Crippen LogP contribution in [-0.2, 0) is 0 Å². The molecule has 0 bridgehead atoms. The van der Waals surface area contributed by atoms with Crippen molar-refractivity contribution in [1.82, 2.24) is 4.98 Å². The summed E-state index contributed by atoms with van der Waals surface area (Å²) in [5.41, 5.74) is 12.7. The van der Waals surface area contributed by atoms with Gasteiger partial charge in [-0.05, 0) is 79.9 Å². The first-order chi connectivity index (χ1) is 18.4. The maximum Gasteiger partial charge on any atom is 0.124 e. The molecule has 2 heterocycles. The second-order valence-electron chi connectivity index (χ2n) is 9.53. The fourth-order valence-electron chi connectivity index (χ4n) is 5.93. The lowest BCUT2D eigenvalue weighted by atomic mass is 9.78. The van der Waals surface area contributed by atoms with Crippen molar-refractivity contribution < 1.29 is 0 Å². The number of hydrogen-bond acceptors (Lipinski definition) is 2. The molecule has 0 saturated heterocycles. The quantitative estimate of drug-likeness (QED) is 0.224. The molecule has 0 unspecified atom stereocenters. The first-order valence-corrected chi connectivity index (χ1v) is 13.4. The Kier molecular flexibility index (Phi) is 4.46. The van der Waals surface area contributed by atoms with Crippen LogP contribution in [0.25, 0.3) is 75.9 Å². The maximum absolute atomic E-state index is 4.61. The van der Waals surface area contributed by atoms with Crippen molar-refractivity contribution in [3.05, 3.63) is 128 Å². The van der Waals surface area contributed by atoms with Crippen LogP contribution in [-0.4, -0.2) is 4.98 Å². The van der Waals surface area contributed by atoms with Gasteiger partial charge in [0.15, 0.2) is 0 Å². The van der Waals surface area contributed by atoms with Crippen molar-refractivity contribution in [1.29, 1.82) is 0 Å². The van der Waals surface area contributed by atoms with Crippen LogP contribution in [0.1, 0.15) is 0 Å². The summed E-state index contributed by atoms with van der Waals surface area (Å²) < 4.78 is 1.27. The standard InChI is InChI=1S/C35H21NS/c1-2-10-25-24(9-1)26-11-3-4-12-28(26)30-16-7-15-23(34(30)29-14-6-5-13-27(25)29)22-18-19-33-32(21-22)31-17-8-20-36-35(31)37-33/h1-21H. The SMILES string of the molecule is c1ccc2c(c1)-c1ccccc1-c1cccc(-c3ccc4sc5ncccc5c4c3)c1-c1ccccc1-2. The third-order valence-electron chi connectivity index (χ3n) is 7.54. The zero-order valence-corrected chi connectivity index (χ0v) is 20.8. The largest absolute Gasteiger partial charge is 0.245 e. The first-order valence-electron chi connectivity index (χ1n) is 12.6. The predicted molar refractivity (Wildman–Crippen MR) is 158 cm³/mol. The molecule has 2 heteroatoms. The molecule has 0 amide bonds. The highest BCUT2D eigenvalue weighted by atomic mass is 32.1. The fraction of sp³-hybridized carbons (Fsp3) is 0. The van der Waals surface area contributed by atoms with E-state index in [1.54, 1.807) is 11.3 Å². The van der Waals surface area contributed by atoms with Gasteiger partial charge >= 0.3 is 0 Å². The maximum atomic E-state index is 4.61. The summed E-state index contributed by atoms with van der Waals surface area (Å²) in [6.45, 7) is 0. The Hall–Kier alpha value is -4.53. The molecular formula is C35H21NS. The Labute approximate surface area is 219 Å². The molecule has 1 aliphatic carbocycles. The van der Waals surface area contributed by atoms with E-state index in [0.717, 1.165) is 4.83 Å². The molecule has 0 N–H and O–H groups in total. The molecule has 37 heavy (non-hydrogen) atoms. The number of hydrogen-bond donors (Lipinski definition) is 0. The lowest BCUT2D eigenvalue weighted by molar-refractivity contribution is 1.45. The Morgan fingerprint density at radius 1 is 0.432 bits per heavy atom. The van der Waals surface area contributed by atoms with Crippen LogP contribution in [0.4, 0.5) is 0 Å². The van der Waals surface area contributed by atoms with Gasteiger partial charge in [-0.25, -0.2) is 4.98 Å². The van der Waals surface area contributed by atoms with Crippen molar-refractivity contribution in [3.63, 3.8) is 0 Å². The minimum atomic E-state index is 1.09. The van der Waals surface area contributed by atoms with Crippen LogP contribution in [0.15, 0.2) is 128 Å². The summed E-state index contributed by atoms with van der Waals surface area (Å²) >= 11 is 1.76. The van der Waals surface area contributed by atoms with Crippen molar-refractivity contribution >= 4 is 31.6 Å². The molecule has 0 saturated carbocycles. The molecule has 5 aromatic carbocycles. The van der Waals surface area contributed by atoms with Gasteiger partial charge in [0.1, 0.15) is 4.83 Å². The van der Waals surface area contributed by atoms with E-state index in [1.807, 2.05) is 12.3 Å². The van der Waals surface area contributed by atoms with Crippen LogP contribution < -0.4 is 0 Å². The van der Waals surface area contributed by atoms with E-state index in [2.05, 4.69) is 120 Å². The van der Waals surface area contributed by atoms with Crippen molar-refractivity contribution in [2.75, 3.05) is 0 Å². The molecule has 8 rings (SSSR count). The summed E-state index contributed by atoms with van der Waals surface area (Å²) in [4.78, 5) is 5.70. The number of pyridine rings is 1. The number of benzene rings is 5. The highest BCUT2D eigenvalue weighted by Crippen LogP contribution is 2.50. The van der Waals surface area contributed by atoms with Gasteiger partial charge < -0.3 is 0 Å². The number of rotatable bonds is 1. The van der Waals surface area contributed by atoms with Gasteiger partial charge in [0, 0.05) is 21.7 Å². The Morgan fingerprint density at radius 2 is 1.00 bits per heavy atom. The molecular weight excluding hydrogens is 466 g/mol. The number of thiophene rings is 1. The van der Waals surface area contributed by atoms with E-state index < -0.39 is 0 Å². The Morgan fingerprint density at radius 3 is 1.70 bits per heavy atom. The molecule has 0 aliphatic heterocycles. The van der Waals surface area contributed by atoms with E-state index in [1.165, 1.54) is 71.1 Å². The van der Waals surface area contributed by atoms with Gasteiger partial charge in [-0.3, -0.25) is 0 Å². The molecule has 0 spiro atoms. The van der Waals surface area contributed by atoms with Crippen LogP contribution in [0.3, 0.4) is 0 Å². The van der Waals surface area contributed by atoms with Crippen LogP contribution >= 0.6 is 11.3 Å². The van der Waals surface area contributed by atoms with Gasteiger partial charge in [0.25, 0.3) is 0 Å². The first kappa shape index (κ1) is 20.6. The molecule has 1 nitrogen and oxygen atoms in total.